The standard InChI is InChI=1S/C15H12ClN3O3S2/c1-24(21,22)13-5-3-2-4-10(13)14(20)18-19-15-17-11-7-6-9(16)8-12(11)23-15/h2-8H,1H3,(H,17,19)(H,18,20). The Morgan fingerprint density at radius 1 is 1.21 bits per heavy atom. The molecule has 0 unspecified atom stereocenters. The molecule has 0 bridgehead atoms. The lowest BCUT2D eigenvalue weighted by atomic mass is 10.2. The summed E-state index contributed by atoms with van der Waals surface area (Å²) < 4.78 is 24.4. The summed E-state index contributed by atoms with van der Waals surface area (Å²) in [5, 5.41) is 1.07. The van der Waals surface area contributed by atoms with Gasteiger partial charge in [-0.2, -0.15) is 0 Å². The van der Waals surface area contributed by atoms with Crippen molar-refractivity contribution in [3.05, 3.63) is 53.1 Å². The topological polar surface area (TPSA) is 88.2 Å². The van der Waals surface area contributed by atoms with Gasteiger partial charge in [0.15, 0.2) is 9.84 Å². The number of benzene rings is 2. The zero-order chi connectivity index (χ0) is 17.3. The number of carbonyl (C=O) groups excluding carboxylic acids is 1. The fraction of sp³-hybridized carbons (Fsp3) is 0.0667. The van der Waals surface area contributed by atoms with Crippen molar-refractivity contribution in [1.29, 1.82) is 0 Å². The van der Waals surface area contributed by atoms with Crippen LogP contribution in [0.25, 0.3) is 10.2 Å². The maximum absolute atomic E-state index is 12.3. The highest BCUT2D eigenvalue weighted by atomic mass is 35.5. The van der Waals surface area contributed by atoms with Crippen molar-refractivity contribution >= 4 is 54.0 Å². The van der Waals surface area contributed by atoms with Crippen LogP contribution in [-0.2, 0) is 9.84 Å². The van der Waals surface area contributed by atoms with Crippen molar-refractivity contribution in [1.82, 2.24) is 10.4 Å². The Kier molecular flexibility index (Phi) is 4.44. The molecule has 9 heteroatoms. The molecular weight excluding hydrogens is 370 g/mol. The molecule has 2 aromatic carbocycles. The summed E-state index contributed by atoms with van der Waals surface area (Å²) in [4.78, 5) is 16.6. The Bertz CT molecular complexity index is 1030. The number of halogens is 1. The zero-order valence-electron chi connectivity index (χ0n) is 12.4. The number of nitrogens with one attached hydrogen (secondary N) is 2. The van der Waals surface area contributed by atoms with Crippen molar-refractivity contribution in [2.45, 2.75) is 4.90 Å². The van der Waals surface area contributed by atoms with E-state index in [1.165, 1.54) is 23.5 Å². The summed E-state index contributed by atoms with van der Waals surface area (Å²) >= 11 is 7.25. The number of sulfone groups is 1. The predicted octanol–water partition coefficient (Wildman–Crippen LogP) is 3.11. The molecule has 1 amide bonds. The molecule has 1 heterocycles. The first-order valence-corrected chi connectivity index (χ1v) is 9.85. The smallest absolute Gasteiger partial charge is 0.270 e. The molecule has 3 aromatic rings. The molecule has 6 nitrogen and oxygen atoms in total. The van der Waals surface area contributed by atoms with Gasteiger partial charge in [-0.3, -0.25) is 15.6 Å². The van der Waals surface area contributed by atoms with E-state index in [-0.39, 0.29) is 10.5 Å². The van der Waals surface area contributed by atoms with Gasteiger partial charge in [0.25, 0.3) is 5.91 Å². The largest absolute Gasteiger partial charge is 0.273 e. The zero-order valence-corrected chi connectivity index (χ0v) is 14.8. The van der Waals surface area contributed by atoms with Gasteiger partial charge < -0.3 is 0 Å². The molecule has 1 aromatic heterocycles. The Balaban J connectivity index is 1.80. The second kappa shape index (κ2) is 6.39. The first-order chi connectivity index (χ1) is 11.3. The summed E-state index contributed by atoms with van der Waals surface area (Å²) in [6.07, 6.45) is 1.06. The minimum Gasteiger partial charge on any atom is -0.273 e. The Morgan fingerprint density at radius 2 is 1.96 bits per heavy atom. The lowest BCUT2D eigenvalue weighted by Gasteiger charge is -2.08. The first-order valence-electron chi connectivity index (χ1n) is 6.76. The molecule has 0 saturated heterocycles. The molecule has 0 aliphatic carbocycles. The van der Waals surface area contributed by atoms with Crippen LogP contribution < -0.4 is 10.9 Å². The van der Waals surface area contributed by atoms with E-state index in [9.17, 15) is 13.2 Å². The number of hydrogen-bond acceptors (Lipinski definition) is 6. The number of anilines is 1. The van der Waals surface area contributed by atoms with Crippen LogP contribution in [0.1, 0.15) is 10.4 Å². The average molecular weight is 382 g/mol. The monoisotopic (exact) mass is 381 g/mol. The van der Waals surface area contributed by atoms with Crippen LogP contribution in [0.2, 0.25) is 5.02 Å². The molecule has 0 aliphatic heterocycles. The number of amides is 1. The molecule has 3 rings (SSSR count). The Hall–Kier alpha value is -2.16. The molecule has 124 valence electrons. The van der Waals surface area contributed by atoms with E-state index in [0.717, 1.165) is 16.5 Å². The molecule has 0 saturated carbocycles. The van der Waals surface area contributed by atoms with Crippen LogP contribution >= 0.6 is 22.9 Å². The van der Waals surface area contributed by atoms with Crippen LogP contribution in [-0.4, -0.2) is 25.6 Å². The number of hydrogen-bond donors (Lipinski definition) is 2. The minimum atomic E-state index is -3.50. The highest BCUT2D eigenvalue weighted by Crippen LogP contribution is 2.27. The van der Waals surface area contributed by atoms with E-state index in [1.54, 1.807) is 30.3 Å². The third-order valence-corrected chi connectivity index (χ3v) is 5.49. The van der Waals surface area contributed by atoms with Crippen molar-refractivity contribution in [2.24, 2.45) is 0 Å². The van der Waals surface area contributed by atoms with Crippen molar-refractivity contribution < 1.29 is 13.2 Å². The lowest BCUT2D eigenvalue weighted by molar-refractivity contribution is 0.0959. The van der Waals surface area contributed by atoms with Crippen LogP contribution in [0.3, 0.4) is 0 Å². The Labute approximate surface area is 147 Å². The SMILES string of the molecule is CS(=O)(=O)c1ccccc1C(=O)NNc1nc2ccc(Cl)cc2s1. The molecule has 0 radical (unpaired) electrons. The fourth-order valence-corrected chi connectivity index (χ4v) is 4.09. The van der Waals surface area contributed by atoms with Crippen molar-refractivity contribution in [2.75, 3.05) is 11.7 Å². The quantitative estimate of drug-likeness (QED) is 0.678. The molecule has 0 atom stereocenters. The number of aromatic nitrogens is 1. The lowest BCUT2D eigenvalue weighted by Crippen LogP contribution is -2.30. The Morgan fingerprint density at radius 3 is 2.71 bits per heavy atom. The van der Waals surface area contributed by atoms with Gasteiger partial charge in [-0.05, 0) is 30.3 Å². The molecule has 2 N–H and O–H groups in total. The van der Waals surface area contributed by atoms with Crippen LogP contribution in [0.15, 0.2) is 47.4 Å². The molecule has 24 heavy (non-hydrogen) atoms. The minimum absolute atomic E-state index is 0.0274. The van der Waals surface area contributed by atoms with Gasteiger partial charge in [0.2, 0.25) is 5.13 Å². The van der Waals surface area contributed by atoms with E-state index in [4.69, 9.17) is 11.6 Å². The van der Waals surface area contributed by atoms with Gasteiger partial charge in [-0.1, -0.05) is 35.1 Å². The van der Waals surface area contributed by atoms with Gasteiger partial charge >= 0.3 is 0 Å². The van der Waals surface area contributed by atoms with Gasteiger partial charge in [-0.15, -0.1) is 0 Å². The third-order valence-electron chi connectivity index (χ3n) is 3.16. The van der Waals surface area contributed by atoms with E-state index < -0.39 is 15.7 Å². The number of nitrogens with zero attached hydrogens (tertiary/aromatic N) is 1. The third kappa shape index (κ3) is 3.50. The van der Waals surface area contributed by atoms with E-state index in [0.29, 0.717) is 10.2 Å². The summed E-state index contributed by atoms with van der Waals surface area (Å²) in [7, 11) is -3.50. The van der Waals surface area contributed by atoms with Crippen LogP contribution in [0.5, 0.6) is 0 Å². The van der Waals surface area contributed by atoms with Crippen LogP contribution in [0.4, 0.5) is 5.13 Å². The normalized spacial score (nSPS) is 11.4. The van der Waals surface area contributed by atoms with E-state index in [2.05, 4.69) is 15.8 Å². The number of fused-ring (bicyclic) bond motifs is 1. The maximum atomic E-state index is 12.3. The highest BCUT2D eigenvalue weighted by Gasteiger charge is 2.18. The first kappa shape index (κ1) is 16.7. The second-order valence-electron chi connectivity index (χ2n) is 4.98. The molecule has 0 aliphatic rings. The van der Waals surface area contributed by atoms with E-state index >= 15 is 0 Å². The highest BCUT2D eigenvalue weighted by molar-refractivity contribution is 7.90. The van der Waals surface area contributed by atoms with Crippen molar-refractivity contribution in [3.8, 4) is 0 Å². The molecule has 0 fully saturated rings. The van der Waals surface area contributed by atoms with Crippen LogP contribution in [0, 0.1) is 0 Å². The van der Waals surface area contributed by atoms with Gasteiger partial charge in [0.1, 0.15) is 0 Å². The summed E-state index contributed by atoms with van der Waals surface area (Å²) in [5.74, 6) is -0.562. The molecule has 0 spiro atoms. The number of hydrazine groups is 1. The number of thiazole rings is 1. The maximum Gasteiger partial charge on any atom is 0.270 e. The predicted molar refractivity (Wildman–Crippen MR) is 95.3 cm³/mol. The number of rotatable bonds is 4. The summed E-state index contributed by atoms with van der Waals surface area (Å²) in [6, 6.07) is 11.3. The summed E-state index contributed by atoms with van der Waals surface area (Å²) in [5.41, 5.74) is 5.98. The second-order valence-corrected chi connectivity index (χ2v) is 8.43. The summed E-state index contributed by atoms with van der Waals surface area (Å²) in [6.45, 7) is 0. The van der Waals surface area contributed by atoms with Crippen molar-refractivity contribution in [3.63, 3.8) is 0 Å². The van der Waals surface area contributed by atoms with Gasteiger partial charge in [-0.25, -0.2) is 13.4 Å². The van der Waals surface area contributed by atoms with Gasteiger partial charge in [0, 0.05) is 11.3 Å². The number of carbonyl (C=O) groups is 1. The van der Waals surface area contributed by atoms with Gasteiger partial charge in [0.05, 0.1) is 20.7 Å². The fourth-order valence-electron chi connectivity index (χ4n) is 2.11. The molecular formula is C15H12ClN3O3S2. The van der Waals surface area contributed by atoms with E-state index in [1.807, 2.05) is 0 Å². The average Bonchev–Trinajstić information content (AvgIpc) is 2.93.